The van der Waals surface area contributed by atoms with Gasteiger partial charge in [0.1, 0.15) is 15.3 Å². The second-order valence-electron chi connectivity index (χ2n) is 8.89. The maximum absolute atomic E-state index is 14.4. The number of hydrogen-bond acceptors (Lipinski definition) is 3. The summed E-state index contributed by atoms with van der Waals surface area (Å²) in [4.78, 5) is 1.61. The third kappa shape index (κ3) is 3.93. The van der Waals surface area contributed by atoms with Crippen LogP contribution in [0.15, 0.2) is 50.6 Å². The van der Waals surface area contributed by atoms with Gasteiger partial charge < -0.3 is 4.74 Å². The molecule has 5 atom stereocenters. The lowest BCUT2D eigenvalue weighted by Gasteiger charge is -2.50. The molecule has 5 heteroatoms. The zero-order chi connectivity index (χ0) is 20.5. The Balaban J connectivity index is 2.23. The molecule has 3 nitrogen and oxygen atoms in total. The lowest BCUT2D eigenvalue weighted by atomic mass is 9.76. The smallest absolute Gasteiger partial charge is 0.104 e. The van der Waals surface area contributed by atoms with Crippen LogP contribution in [-0.4, -0.2) is 28.3 Å². The molecule has 1 aliphatic heterocycles. The number of alkyl halides is 1. The Hall–Kier alpha value is -0.840. The fourth-order valence-corrected chi connectivity index (χ4v) is 7.42. The molecule has 2 aliphatic rings. The summed E-state index contributed by atoms with van der Waals surface area (Å²) in [5, 5.41) is 0.0387. The van der Waals surface area contributed by atoms with Gasteiger partial charge in [-0.3, -0.25) is 0 Å². The average Bonchev–Trinajstić information content (AvgIpc) is 2.67. The molecule has 3 rings (SSSR count). The normalized spacial score (nSPS) is 33.0. The van der Waals surface area contributed by atoms with Gasteiger partial charge in [0.25, 0.3) is 0 Å². The molecule has 1 fully saturated rings. The molecule has 1 aromatic carbocycles. The average molecular weight is 424 g/mol. The van der Waals surface area contributed by atoms with Crippen LogP contribution in [0, 0.1) is 17.8 Å². The second kappa shape index (κ2) is 8.49. The first-order valence-electron chi connectivity index (χ1n) is 10.5. The van der Waals surface area contributed by atoms with Gasteiger partial charge in [-0.1, -0.05) is 52.0 Å². The van der Waals surface area contributed by atoms with Gasteiger partial charge in [-0.25, -0.2) is 8.57 Å². The van der Waals surface area contributed by atoms with Crippen molar-refractivity contribution in [2.24, 2.45) is 22.1 Å². The summed E-state index contributed by atoms with van der Waals surface area (Å²) in [7, 11) is -1.08. The third-order valence-electron chi connectivity index (χ3n) is 6.23. The number of benzene rings is 1. The quantitative estimate of drug-likeness (QED) is 0.535. The Bertz CT molecular complexity index is 826. The van der Waals surface area contributed by atoms with E-state index >= 15 is 0 Å². The summed E-state index contributed by atoms with van der Waals surface area (Å²) in [6, 6.07) is 9.65. The fraction of sp³-hybridized carbons (Fsp3) is 0.652. The zero-order valence-corrected chi connectivity index (χ0v) is 19.3. The predicted octanol–water partition coefficient (Wildman–Crippen LogP) is 6.27. The fourth-order valence-electron chi connectivity index (χ4n) is 4.75. The first-order chi connectivity index (χ1) is 13.2. The van der Waals surface area contributed by atoms with E-state index in [4.69, 9.17) is 16.3 Å². The van der Waals surface area contributed by atoms with Crippen molar-refractivity contribution in [1.82, 2.24) is 0 Å². The molecule has 28 heavy (non-hydrogen) atoms. The van der Waals surface area contributed by atoms with E-state index in [0.29, 0.717) is 18.3 Å². The minimum absolute atomic E-state index is 0.0387. The van der Waals surface area contributed by atoms with Crippen molar-refractivity contribution in [3.8, 4) is 0 Å². The maximum atomic E-state index is 14.4. The largest absolute Gasteiger partial charge is 0.365 e. The Morgan fingerprint density at radius 1 is 1.18 bits per heavy atom. The summed E-state index contributed by atoms with van der Waals surface area (Å²) in [5.74, 6) is 0.984. The number of rotatable bonds is 4. The van der Waals surface area contributed by atoms with Crippen molar-refractivity contribution < 1.29 is 8.95 Å². The third-order valence-corrected chi connectivity index (χ3v) is 9.13. The first kappa shape index (κ1) is 21.9. The summed E-state index contributed by atoms with van der Waals surface area (Å²) in [6.07, 6.45) is 5.88. The molecule has 0 amide bonds. The van der Waals surface area contributed by atoms with E-state index < -0.39 is 15.3 Å². The van der Waals surface area contributed by atoms with E-state index in [1.807, 2.05) is 30.3 Å². The molecule has 1 aliphatic carbocycles. The van der Waals surface area contributed by atoms with Crippen LogP contribution in [0.25, 0.3) is 0 Å². The van der Waals surface area contributed by atoms with Crippen LogP contribution in [-0.2, 0) is 14.5 Å². The van der Waals surface area contributed by atoms with Crippen molar-refractivity contribution in [2.45, 2.75) is 75.4 Å². The number of nitrogens with zero attached hydrogens (tertiary/aromatic N) is 1. The van der Waals surface area contributed by atoms with Gasteiger partial charge in [-0.2, -0.15) is 0 Å². The van der Waals surface area contributed by atoms with Crippen LogP contribution >= 0.6 is 11.6 Å². The summed E-state index contributed by atoms with van der Waals surface area (Å²) < 4.78 is 25.8. The van der Waals surface area contributed by atoms with E-state index in [2.05, 4.69) is 38.1 Å². The molecule has 0 aromatic heterocycles. The molecule has 0 N–H and O–H groups in total. The molecule has 0 saturated heterocycles. The maximum Gasteiger partial charge on any atom is 0.104 e. The predicted molar refractivity (Wildman–Crippen MR) is 118 cm³/mol. The molecule has 1 aromatic rings. The van der Waals surface area contributed by atoms with E-state index in [1.165, 1.54) is 0 Å². The molecular formula is C23H34ClNO2S. The van der Waals surface area contributed by atoms with E-state index in [0.717, 1.165) is 29.1 Å². The highest BCUT2D eigenvalue weighted by atomic mass is 35.5. The lowest BCUT2D eigenvalue weighted by Crippen LogP contribution is -2.52. The molecule has 1 spiro atoms. The van der Waals surface area contributed by atoms with E-state index in [1.54, 1.807) is 7.05 Å². The Labute approximate surface area is 176 Å². The van der Waals surface area contributed by atoms with Crippen molar-refractivity contribution >= 4 is 21.3 Å². The van der Waals surface area contributed by atoms with Crippen molar-refractivity contribution in [3.05, 3.63) is 41.3 Å². The minimum Gasteiger partial charge on any atom is -0.365 e. The number of ether oxygens (including phenoxy) is 1. The monoisotopic (exact) mass is 423 g/mol. The summed E-state index contributed by atoms with van der Waals surface area (Å²) in [6.45, 7) is 8.86. The van der Waals surface area contributed by atoms with Crippen LogP contribution in [0.4, 0.5) is 0 Å². The van der Waals surface area contributed by atoms with Crippen molar-refractivity contribution in [1.29, 1.82) is 0 Å². The van der Waals surface area contributed by atoms with Gasteiger partial charge in [0.15, 0.2) is 0 Å². The van der Waals surface area contributed by atoms with Gasteiger partial charge in [0, 0.05) is 18.3 Å². The second-order valence-corrected chi connectivity index (χ2v) is 11.8. The van der Waals surface area contributed by atoms with Crippen molar-refractivity contribution in [3.63, 3.8) is 0 Å². The summed E-state index contributed by atoms with van der Waals surface area (Å²) >= 11 is 6.64. The molecule has 0 bridgehead atoms. The topological polar surface area (TPSA) is 38.7 Å². The lowest BCUT2D eigenvalue weighted by molar-refractivity contribution is -0.133. The van der Waals surface area contributed by atoms with Crippen LogP contribution in [0.3, 0.4) is 0 Å². The van der Waals surface area contributed by atoms with Gasteiger partial charge in [0.05, 0.1) is 15.9 Å². The molecule has 1 saturated carbocycles. The molecule has 156 valence electrons. The molecular weight excluding hydrogens is 390 g/mol. The highest BCUT2D eigenvalue weighted by Gasteiger charge is 2.51. The zero-order valence-electron chi connectivity index (χ0n) is 17.7. The SMILES string of the molecule is CN=S(=O)(C1=C[C@@H](C(C)C)[C@H](C(C)C)O[C@]12CCC[C@H](Cl)C2)c1ccccc1. The highest BCUT2D eigenvalue weighted by Crippen LogP contribution is 2.50. The van der Waals surface area contributed by atoms with Gasteiger partial charge in [-0.05, 0) is 49.7 Å². The molecule has 1 unspecified atom stereocenters. The van der Waals surface area contributed by atoms with Gasteiger partial charge in [0.2, 0.25) is 0 Å². The highest BCUT2D eigenvalue weighted by molar-refractivity contribution is 7.97. The number of hydrogen-bond donors (Lipinski definition) is 0. The van der Waals surface area contributed by atoms with Crippen LogP contribution in [0.2, 0.25) is 0 Å². The minimum atomic E-state index is -2.75. The Morgan fingerprint density at radius 2 is 1.86 bits per heavy atom. The van der Waals surface area contributed by atoms with Gasteiger partial charge >= 0.3 is 0 Å². The number of halogens is 1. The Kier molecular flexibility index (Phi) is 6.63. The van der Waals surface area contributed by atoms with Crippen LogP contribution < -0.4 is 0 Å². The first-order valence-corrected chi connectivity index (χ1v) is 12.4. The van der Waals surface area contributed by atoms with Crippen LogP contribution in [0.5, 0.6) is 0 Å². The molecule has 0 radical (unpaired) electrons. The standard InChI is InChI=1S/C23H34ClNO2S/c1-16(2)20-14-21(28(26,25-5)19-11-7-6-8-12-19)23(27-22(20)17(3)4)13-9-10-18(24)15-23/h6-8,11-12,14,16-18,20,22H,9-10,13,15H2,1-5H3/t18-,20-,22-,23-,28?/m0/s1. The van der Waals surface area contributed by atoms with E-state index in [-0.39, 0.29) is 17.4 Å². The Morgan fingerprint density at radius 3 is 2.39 bits per heavy atom. The van der Waals surface area contributed by atoms with E-state index in [9.17, 15) is 4.21 Å². The molecule has 1 heterocycles. The van der Waals surface area contributed by atoms with Crippen LogP contribution in [0.1, 0.15) is 53.4 Å². The summed E-state index contributed by atoms with van der Waals surface area (Å²) in [5.41, 5.74) is -0.586. The van der Waals surface area contributed by atoms with Crippen molar-refractivity contribution in [2.75, 3.05) is 7.05 Å². The van der Waals surface area contributed by atoms with Gasteiger partial charge in [-0.15, -0.1) is 11.6 Å².